The summed E-state index contributed by atoms with van der Waals surface area (Å²) >= 11 is 0. The van der Waals surface area contributed by atoms with Gasteiger partial charge in [-0.1, -0.05) is 6.07 Å². The number of piperidine rings is 1. The van der Waals surface area contributed by atoms with Crippen molar-refractivity contribution in [2.24, 2.45) is 10.9 Å². The second kappa shape index (κ2) is 7.96. The third-order valence-electron chi connectivity index (χ3n) is 4.51. The number of hydrogen-bond acceptors (Lipinski definition) is 5. The molecular formula is C20H23N5O. The van der Waals surface area contributed by atoms with Crippen molar-refractivity contribution >= 4 is 11.7 Å². The Kier molecular flexibility index (Phi) is 5.47. The summed E-state index contributed by atoms with van der Waals surface area (Å²) in [6.07, 6.45) is 4.96. The van der Waals surface area contributed by atoms with Gasteiger partial charge in [-0.25, -0.2) is 4.98 Å². The van der Waals surface area contributed by atoms with Crippen molar-refractivity contribution in [1.82, 2.24) is 9.55 Å². The molecule has 0 saturated carbocycles. The van der Waals surface area contributed by atoms with Gasteiger partial charge in [0.05, 0.1) is 5.56 Å². The summed E-state index contributed by atoms with van der Waals surface area (Å²) in [5, 5.41) is 8.87. The molecule has 0 atom stereocenters. The molecule has 1 saturated heterocycles. The molecule has 0 unspecified atom stereocenters. The normalized spacial score (nSPS) is 15.9. The van der Waals surface area contributed by atoms with E-state index in [0.29, 0.717) is 11.1 Å². The van der Waals surface area contributed by atoms with E-state index in [4.69, 9.17) is 5.26 Å². The number of carbonyl (C=O) groups excluding carboxylic acids is 1. The molecule has 0 amide bonds. The number of nitrogens with zero attached hydrogens (tertiary/aromatic N) is 5. The van der Waals surface area contributed by atoms with E-state index in [9.17, 15) is 4.79 Å². The third kappa shape index (κ3) is 3.99. The summed E-state index contributed by atoms with van der Waals surface area (Å²) in [6.45, 7) is 5.56. The number of aromatic nitrogens is 2. The zero-order valence-corrected chi connectivity index (χ0v) is 15.2. The van der Waals surface area contributed by atoms with Crippen molar-refractivity contribution in [3.8, 4) is 6.07 Å². The number of carbonyl (C=O) groups is 1. The van der Waals surface area contributed by atoms with Crippen LogP contribution in [0.25, 0.3) is 0 Å². The second-order valence-corrected chi connectivity index (χ2v) is 6.77. The topological polar surface area (TPSA) is 74.3 Å². The molecule has 0 aromatic carbocycles. The van der Waals surface area contributed by atoms with Gasteiger partial charge in [0, 0.05) is 37.4 Å². The van der Waals surface area contributed by atoms with Gasteiger partial charge in [-0.3, -0.25) is 14.4 Å². The van der Waals surface area contributed by atoms with E-state index in [0.717, 1.165) is 31.7 Å². The summed E-state index contributed by atoms with van der Waals surface area (Å²) in [6, 6.07) is 11.5. The van der Waals surface area contributed by atoms with Gasteiger partial charge in [-0.2, -0.15) is 5.26 Å². The molecular weight excluding hydrogens is 326 g/mol. The standard InChI is InChI=1S/C20H23N5O/c1-15(2)23-19-5-3-4-10-25(19)20(26)17-8-11-24(12-9-17)18-7-6-16(13-21)14-22-18/h3-7,10,14-15,17H,8-9,11-12H2,1-2H3. The smallest absolute Gasteiger partial charge is 0.235 e. The van der Waals surface area contributed by atoms with E-state index in [1.807, 2.05) is 38.1 Å². The van der Waals surface area contributed by atoms with Crippen molar-refractivity contribution < 1.29 is 4.79 Å². The van der Waals surface area contributed by atoms with Gasteiger partial charge >= 0.3 is 0 Å². The molecule has 0 N–H and O–H groups in total. The molecule has 2 aromatic rings. The fourth-order valence-corrected chi connectivity index (χ4v) is 3.18. The van der Waals surface area contributed by atoms with Gasteiger partial charge in [0.2, 0.25) is 5.91 Å². The Labute approximate surface area is 153 Å². The van der Waals surface area contributed by atoms with Crippen LogP contribution in [-0.4, -0.2) is 34.6 Å². The Bertz CT molecular complexity index is 868. The Morgan fingerprint density at radius 3 is 2.65 bits per heavy atom. The molecule has 6 nitrogen and oxygen atoms in total. The van der Waals surface area contributed by atoms with Crippen LogP contribution in [0.3, 0.4) is 0 Å². The van der Waals surface area contributed by atoms with Crippen molar-refractivity contribution in [1.29, 1.82) is 5.26 Å². The van der Waals surface area contributed by atoms with Gasteiger partial charge < -0.3 is 4.90 Å². The van der Waals surface area contributed by atoms with Crippen LogP contribution in [0.15, 0.2) is 47.7 Å². The molecule has 2 aromatic heterocycles. The van der Waals surface area contributed by atoms with E-state index in [1.54, 1.807) is 23.0 Å². The van der Waals surface area contributed by atoms with E-state index in [-0.39, 0.29) is 17.9 Å². The van der Waals surface area contributed by atoms with Crippen molar-refractivity contribution in [2.45, 2.75) is 32.7 Å². The Hall–Kier alpha value is -2.94. The summed E-state index contributed by atoms with van der Waals surface area (Å²) in [7, 11) is 0. The third-order valence-corrected chi connectivity index (χ3v) is 4.51. The summed E-state index contributed by atoms with van der Waals surface area (Å²) in [5.41, 5.74) is 1.27. The molecule has 3 rings (SSSR count). The number of pyridine rings is 2. The molecule has 0 radical (unpaired) electrons. The highest BCUT2D eigenvalue weighted by Gasteiger charge is 2.26. The van der Waals surface area contributed by atoms with Crippen molar-refractivity contribution in [3.63, 3.8) is 0 Å². The predicted octanol–water partition coefficient (Wildman–Crippen LogP) is 2.62. The maximum atomic E-state index is 13.0. The maximum absolute atomic E-state index is 13.0. The molecule has 134 valence electrons. The van der Waals surface area contributed by atoms with Crippen LogP contribution < -0.4 is 10.4 Å². The zero-order valence-electron chi connectivity index (χ0n) is 15.2. The minimum atomic E-state index is -0.0156. The average molecular weight is 349 g/mol. The van der Waals surface area contributed by atoms with E-state index < -0.39 is 0 Å². The minimum Gasteiger partial charge on any atom is -0.357 e. The maximum Gasteiger partial charge on any atom is 0.235 e. The second-order valence-electron chi connectivity index (χ2n) is 6.77. The molecule has 0 bridgehead atoms. The molecule has 3 heterocycles. The highest BCUT2D eigenvalue weighted by atomic mass is 16.2. The van der Waals surface area contributed by atoms with Gasteiger partial charge in [0.15, 0.2) is 0 Å². The summed E-state index contributed by atoms with van der Waals surface area (Å²) < 4.78 is 1.68. The molecule has 0 spiro atoms. The molecule has 0 aliphatic carbocycles. The fourth-order valence-electron chi connectivity index (χ4n) is 3.18. The quantitative estimate of drug-likeness (QED) is 0.854. The highest BCUT2D eigenvalue weighted by Crippen LogP contribution is 2.22. The monoisotopic (exact) mass is 349 g/mol. The van der Waals surface area contributed by atoms with Crippen LogP contribution in [0.5, 0.6) is 0 Å². The van der Waals surface area contributed by atoms with Gasteiger partial charge in [-0.15, -0.1) is 0 Å². The number of rotatable bonds is 3. The molecule has 26 heavy (non-hydrogen) atoms. The van der Waals surface area contributed by atoms with Crippen LogP contribution in [0.1, 0.15) is 37.0 Å². The lowest BCUT2D eigenvalue weighted by atomic mass is 9.95. The van der Waals surface area contributed by atoms with Crippen LogP contribution in [0.2, 0.25) is 0 Å². The average Bonchev–Trinajstić information content (AvgIpc) is 2.68. The molecule has 1 fully saturated rings. The van der Waals surface area contributed by atoms with E-state index in [2.05, 4.69) is 20.9 Å². The number of anilines is 1. The number of nitriles is 1. The van der Waals surface area contributed by atoms with E-state index in [1.165, 1.54) is 0 Å². The first-order chi connectivity index (χ1) is 12.6. The Morgan fingerprint density at radius 2 is 2.04 bits per heavy atom. The lowest BCUT2D eigenvalue weighted by molar-refractivity contribution is 0.0807. The fraction of sp³-hybridized carbons (Fsp3) is 0.400. The van der Waals surface area contributed by atoms with Gasteiger partial charge in [-0.05, 0) is 51.0 Å². The molecule has 1 aliphatic heterocycles. The summed E-state index contributed by atoms with van der Waals surface area (Å²) in [4.78, 5) is 24.0. The lowest BCUT2D eigenvalue weighted by Crippen LogP contribution is -2.40. The van der Waals surface area contributed by atoms with Crippen LogP contribution in [-0.2, 0) is 0 Å². The molecule has 1 aliphatic rings. The van der Waals surface area contributed by atoms with Crippen molar-refractivity contribution in [3.05, 3.63) is 53.8 Å². The molecule has 6 heteroatoms. The Balaban J connectivity index is 1.70. The first-order valence-corrected chi connectivity index (χ1v) is 8.95. The van der Waals surface area contributed by atoms with Gasteiger partial charge in [0.1, 0.15) is 17.4 Å². The van der Waals surface area contributed by atoms with Gasteiger partial charge in [0.25, 0.3) is 0 Å². The first-order valence-electron chi connectivity index (χ1n) is 8.95. The van der Waals surface area contributed by atoms with Crippen molar-refractivity contribution in [2.75, 3.05) is 18.0 Å². The number of hydrogen-bond donors (Lipinski definition) is 0. The largest absolute Gasteiger partial charge is 0.357 e. The SMILES string of the molecule is CC(C)N=c1ccccn1C(=O)C1CCN(c2ccc(C#N)cn2)CC1. The highest BCUT2D eigenvalue weighted by molar-refractivity contribution is 5.81. The van der Waals surface area contributed by atoms with Crippen LogP contribution >= 0.6 is 0 Å². The predicted molar refractivity (Wildman–Crippen MR) is 99.6 cm³/mol. The minimum absolute atomic E-state index is 0.0156. The lowest BCUT2D eigenvalue weighted by Gasteiger charge is -2.32. The van der Waals surface area contributed by atoms with Crippen LogP contribution in [0, 0.1) is 17.2 Å². The first kappa shape index (κ1) is 17.9. The van der Waals surface area contributed by atoms with Crippen LogP contribution in [0.4, 0.5) is 5.82 Å². The summed E-state index contributed by atoms with van der Waals surface area (Å²) in [5.74, 6) is 0.952. The Morgan fingerprint density at radius 1 is 1.27 bits per heavy atom. The zero-order chi connectivity index (χ0) is 18.5. The van der Waals surface area contributed by atoms with E-state index >= 15 is 0 Å².